The van der Waals surface area contributed by atoms with E-state index in [0.29, 0.717) is 0 Å². The van der Waals surface area contributed by atoms with Gasteiger partial charge in [0.2, 0.25) is 11.6 Å². The molecule has 0 saturated heterocycles. The number of nitro benzene ring substituents is 2. The summed E-state index contributed by atoms with van der Waals surface area (Å²) < 4.78 is 0. The van der Waals surface area contributed by atoms with Crippen molar-refractivity contribution in [2.24, 2.45) is 0 Å². The van der Waals surface area contributed by atoms with E-state index in [-0.39, 0.29) is 33.9 Å². The van der Waals surface area contributed by atoms with Crippen LogP contribution < -0.4 is 0 Å². The van der Waals surface area contributed by atoms with Crippen molar-refractivity contribution < 1.29 is 19.4 Å². The second kappa shape index (κ2) is 7.54. The van der Waals surface area contributed by atoms with Crippen LogP contribution in [0.5, 0.6) is 0 Å². The van der Waals surface area contributed by atoms with E-state index in [2.05, 4.69) is 4.98 Å². The molecule has 0 atom stereocenters. The van der Waals surface area contributed by atoms with Gasteiger partial charge in [0.15, 0.2) is 0 Å². The van der Waals surface area contributed by atoms with Gasteiger partial charge in [0, 0.05) is 35.4 Å². The van der Waals surface area contributed by atoms with Crippen LogP contribution in [0.3, 0.4) is 0 Å². The number of nitro groups is 2. The lowest BCUT2D eigenvalue weighted by molar-refractivity contribution is -0.385. The van der Waals surface area contributed by atoms with Crippen molar-refractivity contribution in [2.45, 2.75) is 0 Å². The first-order chi connectivity index (χ1) is 13.4. The number of non-ortho nitro benzene ring substituents is 2. The maximum absolute atomic E-state index is 12.6. The SMILES string of the molecule is O=C(c1cccc([N+](=O)[O-])c1)c1cccc(C(=O)c2cccc([N+](=O)[O-])c2)n1. The van der Waals surface area contributed by atoms with Gasteiger partial charge in [-0.3, -0.25) is 29.8 Å². The molecule has 0 aliphatic carbocycles. The van der Waals surface area contributed by atoms with E-state index < -0.39 is 21.4 Å². The van der Waals surface area contributed by atoms with Crippen molar-refractivity contribution in [3.63, 3.8) is 0 Å². The molecular formula is C19H11N3O6. The molecule has 0 radical (unpaired) electrons. The minimum absolute atomic E-state index is 0.0571. The lowest BCUT2D eigenvalue weighted by Crippen LogP contribution is -2.10. The third kappa shape index (κ3) is 3.78. The number of ketones is 2. The van der Waals surface area contributed by atoms with Crippen LogP contribution in [0.2, 0.25) is 0 Å². The molecule has 0 bridgehead atoms. The van der Waals surface area contributed by atoms with Crippen LogP contribution in [0, 0.1) is 20.2 Å². The number of nitrogens with zero attached hydrogens (tertiary/aromatic N) is 3. The van der Waals surface area contributed by atoms with Crippen molar-refractivity contribution in [3.8, 4) is 0 Å². The van der Waals surface area contributed by atoms with E-state index in [1.54, 1.807) is 0 Å². The summed E-state index contributed by atoms with van der Waals surface area (Å²) in [5.74, 6) is -1.17. The molecule has 138 valence electrons. The fourth-order valence-electron chi connectivity index (χ4n) is 2.50. The Morgan fingerprint density at radius 1 is 0.679 bits per heavy atom. The maximum atomic E-state index is 12.6. The van der Waals surface area contributed by atoms with Gasteiger partial charge in [0.1, 0.15) is 11.4 Å². The van der Waals surface area contributed by atoms with E-state index in [4.69, 9.17) is 0 Å². The third-order valence-electron chi connectivity index (χ3n) is 3.85. The highest BCUT2D eigenvalue weighted by molar-refractivity contribution is 6.11. The smallest absolute Gasteiger partial charge is 0.270 e. The van der Waals surface area contributed by atoms with Gasteiger partial charge in [-0.25, -0.2) is 4.98 Å². The first-order valence-corrected chi connectivity index (χ1v) is 7.92. The van der Waals surface area contributed by atoms with Crippen LogP contribution in [0.25, 0.3) is 0 Å². The molecule has 1 heterocycles. The number of hydrogen-bond donors (Lipinski definition) is 0. The lowest BCUT2D eigenvalue weighted by atomic mass is 10.0. The zero-order chi connectivity index (χ0) is 20.3. The van der Waals surface area contributed by atoms with Crippen LogP contribution >= 0.6 is 0 Å². The molecule has 0 amide bonds. The molecule has 0 aliphatic heterocycles. The molecule has 3 rings (SSSR count). The minimum Gasteiger partial charge on any atom is -0.287 e. The molecule has 0 saturated carbocycles. The predicted molar refractivity (Wildman–Crippen MR) is 97.3 cm³/mol. The normalized spacial score (nSPS) is 10.3. The van der Waals surface area contributed by atoms with Gasteiger partial charge in [-0.1, -0.05) is 30.3 Å². The zero-order valence-corrected chi connectivity index (χ0v) is 14.1. The Labute approximate surface area is 157 Å². The van der Waals surface area contributed by atoms with Crippen LogP contribution in [0.4, 0.5) is 11.4 Å². The van der Waals surface area contributed by atoms with E-state index >= 15 is 0 Å². The monoisotopic (exact) mass is 377 g/mol. The van der Waals surface area contributed by atoms with Gasteiger partial charge in [-0.2, -0.15) is 0 Å². The molecule has 0 unspecified atom stereocenters. The molecule has 1 aromatic heterocycles. The van der Waals surface area contributed by atoms with Crippen LogP contribution in [0.15, 0.2) is 66.7 Å². The topological polar surface area (TPSA) is 133 Å². The molecule has 0 aliphatic rings. The summed E-state index contributed by atoms with van der Waals surface area (Å²) in [6.45, 7) is 0. The number of carbonyl (C=O) groups excluding carboxylic acids is 2. The molecule has 0 N–H and O–H groups in total. The highest BCUT2D eigenvalue weighted by atomic mass is 16.6. The molecular weight excluding hydrogens is 366 g/mol. The van der Waals surface area contributed by atoms with Crippen molar-refractivity contribution in [1.82, 2.24) is 4.98 Å². The number of aromatic nitrogens is 1. The van der Waals surface area contributed by atoms with Crippen molar-refractivity contribution in [1.29, 1.82) is 0 Å². The van der Waals surface area contributed by atoms with Crippen molar-refractivity contribution >= 4 is 22.9 Å². The highest BCUT2D eigenvalue weighted by Gasteiger charge is 2.18. The molecule has 28 heavy (non-hydrogen) atoms. The second-order valence-corrected chi connectivity index (χ2v) is 5.68. The molecule has 9 nitrogen and oxygen atoms in total. The summed E-state index contributed by atoms with van der Waals surface area (Å²) in [6.07, 6.45) is 0. The molecule has 0 spiro atoms. The predicted octanol–water partition coefficient (Wildman–Crippen LogP) is 3.36. The fourth-order valence-corrected chi connectivity index (χ4v) is 2.50. The molecule has 2 aromatic carbocycles. The minimum atomic E-state index is -0.619. The Hall–Kier alpha value is -4.27. The highest BCUT2D eigenvalue weighted by Crippen LogP contribution is 2.18. The summed E-state index contributed by atoms with van der Waals surface area (Å²) >= 11 is 0. The van der Waals surface area contributed by atoms with Gasteiger partial charge >= 0.3 is 0 Å². The first kappa shape index (κ1) is 18.5. The molecule has 0 fully saturated rings. The number of pyridine rings is 1. The van der Waals surface area contributed by atoms with Gasteiger partial charge < -0.3 is 0 Å². The Morgan fingerprint density at radius 3 is 1.46 bits per heavy atom. The summed E-state index contributed by atoms with van der Waals surface area (Å²) in [7, 11) is 0. The summed E-state index contributed by atoms with van der Waals surface area (Å²) in [5.41, 5.74) is -0.513. The Bertz CT molecular complexity index is 1040. The molecule has 3 aromatic rings. The third-order valence-corrected chi connectivity index (χ3v) is 3.85. The van der Waals surface area contributed by atoms with Gasteiger partial charge in [-0.15, -0.1) is 0 Å². The number of rotatable bonds is 6. The summed E-state index contributed by atoms with van der Waals surface area (Å²) in [6, 6.07) is 14.5. The van der Waals surface area contributed by atoms with Gasteiger partial charge in [0.05, 0.1) is 9.85 Å². The summed E-state index contributed by atoms with van der Waals surface area (Å²) in [5, 5.41) is 21.7. The number of carbonyl (C=O) groups is 2. The van der Waals surface area contributed by atoms with E-state index in [9.17, 15) is 29.8 Å². The lowest BCUT2D eigenvalue weighted by Gasteiger charge is -2.04. The van der Waals surface area contributed by atoms with E-state index in [0.717, 1.165) is 12.1 Å². The Balaban J connectivity index is 1.94. The second-order valence-electron chi connectivity index (χ2n) is 5.68. The van der Waals surface area contributed by atoms with Crippen LogP contribution in [-0.4, -0.2) is 26.4 Å². The Morgan fingerprint density at radius 2 is 1.07 bits per heavy atom. The zero-order valence-electron chi connectivity index (χ0n) is 14.1. The summed E-state index contributed by atoms with van der Waals surface area (Å²) in [4.78, 5) is 49.7. The largest absolute Gasteiger partial charge is 0.287 e. The van der Waals surface area contributed by atoms with Crippen molar-refractivity contribution in [3.05, 3.63) is 109 Å². The quantitative estimate of drug-likeness (QED) is 0.365. The van der Waals surface area contributed by atoms with Crippen molar-refractivity contribution in [2.75, 3.05) is 0 Å². The average molecular weight is 377 g/mol. The van der Waals surface area contributed by atoms with Crippen LogP contribution in [0.1, 0.15) is 32.1 Å². The standard InChI is InChI=1S/C19H11N3O6/c23-18(12-4-1-6-14(10-12)21(25)26)16-8-3-9-17(20-16)19(24)13-5-2-7-15(11-13)22(27)28/h1-11H. The molecule has 9 heteroatoms. The number of hydrogen-bond acceptors (Lipinski definition) is 7. The maximum Gasteiger partial charge on any atom is 0.270 e. The first-order valence-electron chi connectivity index (χ1n) is 7.92. The van der Waals surface area contributed by atoms with Gasteiger partial charge in [-0.05, 0) is 12.1 Å². The van der Waals surface area contributed by atoms with E-state index in [1.807, 2.05) is 0 Å². The fraction of sp³-hybridized carbons (Fsp3) is 0. The van der Waals surface area contributed by atoms with Crippen LogP contribution in [-0.2, 0) is 0 Å². The average Bonchev–Trinajstić information content (AvgIpc) is 2.73. The van der Waals surface area contributed by atoms with E-state index in [1.165, 1.54) is 54.6 Å². The van der Waals surface area contributed by atoms with Gasteiger partial charge in [0.25, 0.3) is 11.4 Å². The number of benzene rings is 2. The Kier molecular flexibility index (Phi) is 4.99.